The Morgan fingerprint density at radius 2 is 2.05 bits per heavy atom. The van der Waals surface area contributed by atoms with Crippen LogP contribution in [0.15, 0.2) is 18.2 Å². The van der Waals surface area contributed by atoms with Gasteiger partial charge in [-0.2, -0.15) is 0 Å². The van der Waals surface area contributed by atoms with Crippen LogP contribution in [0.5, 0.6) is 0 Å². The monoisotopic (exact) mass is 289 g/mol. The molecule has 1 aliphatic rings. The van der Waals surface area contributed by atoms with E-state index in [0.717, 1.165) is 37.1 Å². The third-order valence-electron chi connectivity index (χ3n) is 4.08. The first-order chi connectivity index (χ1) is 9.96. The molecule has 1 aromatic rings. The Bertz CT molecular complexity index is 548. The highest BCUT2D eigenvalue weighted by Gasteiger charge is 2.34. The van der Waals surface area contributed by atoms with Crippen LogP contribution >= 0.6 is 0 Å². The molecule has 0 bridgehead atoms. The number of carbonyl (C=O) groups is 2. The molecule has 5 heteroatoms. The molecule has 3 N–H and O–H groups in total. The summed E-state index contributed by atoms with van der Waals surface area (Å²) < 4.78 is 0. The Morgan fingerprint density at radius 1 is 1.29 bits per heavy atom. The van der Waals surface area contributed by atoms with Crippen molar-refractivity contribution in [2.45, 2.75) is 38.6 Å². The van der Waals surface area contributed by atoms with Crippen molar-refractivity contribution in [1.29, 1.82) is 0 Å². The average Bonchev–Trinajstić information content (AvgIpc) is 2.49. The van der Waals surface area contributed by atoms with E-state index in [1.54, 1.807) is 25.2 Å². The second-order valence-corrected chi connectivity index (χ2v) is 5.78. The number of carbonyl (C=O) groups excluding carboxylic acids is 2. The van der Waals surface area contributed by atoms with Crippen LogP contribution in [0.1, 0.15) is 42.1 Å². The van der Waals surface area contributed by atoms with Gasteiger partial charge in [0.25, 0.3) is 5.91 Å². The van der Waals surface area contributed by atoms with Crippen molar-refractivity contribution < 1.29 is 9.59 Å². The van der Waals surface area contributed by atoms with Crippen molar-refractivity contribution in [2.24, 2.45) is 0 Å². The lowest BCUT2D eigenvalue weighted by molar-refractivity contribution is -0.122. The molecule has 0 aliphatic carbocycles. The lowest BCUT2D eigenvalue weighted by Gasteiger charge is -2.33. The zero-order valence-electron chi connectivity index (χ0n) is 12.9. The number of nitrogens with one attached hydrogen (secondary N) is 3. The molecule has 0 aromatic heterocycles. The van der Waals surface area contributed by atoms with Crippen molar-refractivity contribution in [3.05, 3.63) is 29.3 Å². The molecule has 114 valence electrons. The van der Waals surface area contributed by atoms with Crippen LogP contribution in [-0.2, 0) is 4.79 Å². The van der Waals surface area contributed by atoms with E-state index in [1.807, 2.05) is 13.8 Å². The molecule has 1 heterocycles. The highest BCUT2D eigenvalue weighted by molar-refractivity contribution is 5.99. The van der Waals surface area contributed by atoms with Gasteiger partial charge >= 0.3 is 0 Å². The summed E-state index contributed by atoms with van der Waals surface area (Å²) in [5.74, 6) is -0.144. The van der Waals surface area contributed by atoms with Gasteiger partial charge in [-0.3, -0.25) is 9.59 Å². The molecule has 2 rings (SSSR count). The molecule has 0 spiro atoms. The largest absolute Gasteiger partial charge is 0.355 e. The fraction of sp³-hybridized carbons (Fsp3) is 0.500. The summed E-state index contributed by atoms with van der Waals surface area (Å²) in [4.78, 5) is 24.1. The lowest BCUT2D eigenvalue weighted by atomic mass is 9.90. The number of aryl methyl sites for hydroxylation is 1. The summed E-state index contributed by atoms with van der Waals surface area (Å²) in [6.45, 7) is 4.70. The van der Waals surface area contributed by atoms with E-state index in [-0.39, 0.29) is 11.8 Å². The Morgan fingerprint density at radius 3 is 2.62 bits per heavy atom. The molecular weight excluding hydrogens is 266 g/mol. The van der Waals surface area contributed by atoms with E-state index >= 15 is 0 Å². The molecule has 2 amide bonds. The fourth-order valence-corrected chi connectivity index (χ4v) is 2.60. The molecule has 5 nitrogen and oxygen atoms in total. The standard InChI is InChI=1S/C16H23N3O2/c1-11-10-12(14(20)17-3)6-7-13(11)19-15(21)16(2)8-4-5-9-18-16/h6-7,10,18H,4-5,8-9H2,1-3H3,(H,17,20)(H,19,21). The summed E-state index contributed by atoms with van der Waals surface area (Å²) >= 11 is 0. The number of hydrogen-bond donors (Lipinski definition) is 3. The Balaban J connectivity index is 2.12. The third kappa shape index (κ3) is 3.42. The molecule has 1 saturated heterocycles. The third-order valence-corrected chi connectivity index (χ3v) is 4.08. The van der Waals surface area contributed by atoms with Crippen LogP contribution < -0.4 is 16.0 Å². The predicted octanol–water partition coefficient (Wildman–Crippen LogP) is 1.83. The van der Waals surface area contributed by atoms with E-state index in [2.05, 4.69) is 16.0 Å². The van der Waals surface area contributed by atoms with Gasteiger partial charge in [0.05, 0.1) is 5.54 Å². The number of anilines is 1. The number of amides is 2. The first-order valence-corrected chi connectivity index (χ1v) is 7.35. The van der Waals surface area contributed by atoms with Gasteiger partial charge in [-0.25, -0.2) is 0 Å². The van der Waals surface area contributed by atoms with Gasteiger partial charge in [-0.05, 0) is 63.4 Å². The van der Waals surface area contributed by atoms with E-state index < -0.39 is 5.54 Å². The molecular formula is C16H23N3O2. The van der Waals surface area contributed by atoms with Gasteiger partial charge in [0.2, 0.25) is 5.91 Å². The number of benzene rings is 1. The van der Waals surface area contributed by atoms with Crippen LogP contribution in [-0.4, -0.2) is 30.9 Å². The first-order valence-electron chi connectivity index (χ1n) is 7.35. The highest BCUT2D eigenvalue weighted by atomic mass is 16.2. The number of hydrogen-bond acceptors (Lipinski definition) is 3. The Kier molecular flexibility index (Phi) is 4.63. The van der Waals surface area contributed by atoms with Gasteiger partial charge < -0.3 is 16.0 Å². The highest BCUT2D eigenvalue weighted by Crippen LogP contribution is 2.23. The zero-order valence-corrected chi connectivity index (χ0v) is 12.9. The van der Waals surface area contributed by atoms with Crippen molar-refractivity contribution in [3.8, 4) is 0 Å². The topological polar surface area (TPSA) is 70.2 Å². The minimum atomic E-state index is -0.510. The van der Waals surface area contributed by atoms with Crippen LogP contribution in [0.2, 0.25) is 0 Å². The van der Waals surface area contributed by atoms with Crippen LogP contribution in [0.25, 0.3) is 0 Å². The van der Waals surface area contributed by atoms with E-state index in [0.29, 0.717) is 5.56 Å². The minimum absolute atomic E-state index is 0.0157. The van der Waals surface area contributed by atoms with Gasteiger partial charge in [-0.1, -0.05) is 0 Å². The maximum atomic E-state index is 12.5. The van der Waals surface area contributed by atoms with Crippen LogP contribution in [0.3, 0.4) is 0 Å². The van der Waals surface area contributed by atoms with Gasteiger partial charge in [0.15, 0.2) is 0 Å². The first kappa shape index (κ1) is 15.5. The summed E-state index contributed by atoms with van der Waals surface area (Å²) in [7, 11) is 1.60. The molecule has 1 fully saturated rings. The summed E-state index contributed by atoms with van der Waals surface area (Å²) in [6, 6.07) is 5.28. The molecule has 0 saturated carbocycles. The van der Waals surface area contributed by atoms with E-state index in [9.17, 15) is 9.59 Å². The lowest BCUT2D eigenvalue weighted by Crippen LogP contribution is -2.54. The van der Waals surface area contributed by atoms with Crippen LogP contribution in [0, 0.1) is 6.92 Å². The fourth-order valence-electron chi connectivity index (χ4n) is 2.60. The normalized spacial score (nSPS) is 21.7. The summed E-state index contributed by atoms with van der Waals surface area (Å²) in [6.07, 6.45) is 3.02. The van der Waals surface area contributed by atoms with Crippen molar-refractivity contribution in [3.63, 3.8) is 0 Å². The molecule has 1 aliphatic heterocycles. The molecule has 21 heavy (non-hydrogen) atoms. The maximum Gasteiger partial charge on any atom is 0.251 e. The van der Waals surface area contributed by atoms with Crippen LogP contribution in [0.4, 0.5) is 5.69 Å². The molecule has 1 unspecified atom stereocenters. The summed E-state index contributed by atoms with van der Waals surface area (Å²) in [5.41, 5.74) is 1.71. The van der Waals surface area contributed by atoms with Crippen molar-refractivity contribution >= 4 is 17.5 Å². The van der Waals surface area contributed by atoms with Crippen molar-refractivity contribution in [2.75, 3.05) is 18.9 Å². The molecule has 1 atom stereocenters. The molecule has 0 radical (unpaired) electrons. The Hall–Kier alpha value is -1.88. The quantitative estimate of drug-likeness (QED) is 0.795. The van der Waals surface area contributed by atoms with Gasteiger partial charge in [0.1, 0.15) is 0 Å². The maximum absolute atomic E-state index is 12.5. The van der Waals surface area contributed by atoms with Crippen molar-refractivity contribution in [1.82, 2.24) is 10.6 Å². The second kappa shape index (κ2) is 6.26. The average molecular weight is 289 g/mol. The SMILES string of the molecule is CNC(=O)c1ccc(NC(=O)C2(C)CCCCN2)c(C)c1. The number of piperidine rings is 1. The number of rotatable bonds is 3. The van der Waals surface area contributed by atoms with Gasteiger partial charge in [-0.15, -0.1) is 0 Å². The van der Waals surface area contributed by atoms with E-state index in [4.69, 9.17) is 0 Å². The molecule has 1 aromatic carbocycles. The predicted molar refractivity (Wildman–Crippen MR) is 83.5 cm³/mol. The second-order valence-electron chi connectivity index (χ2n) is 5.78. The smallest absolute Gasteiger partial charge is 0.251 e. The Labute approximate surface area is 125 Å². The van der Waals surface area contributed by atoms with E-state index in [1.165, 1.54) is 0 Å². The summed E-state index contributed by atoms with van der Waals surface area (Å²) in [5, 5.41) is 8.86. The van der Waals surface area contributed by atoms with Gasteiger partial charge in [0, 0.05) is 18.3 Å². The zero-order chi connectivity index (χ0) is 15.5. The minimum Gasteiger partial charge on any atom is -0.355 e.